The van der Waals surface area contributed by atoms with Crippen LogP contribution in [-0.2, 0) is 0 Å². The standard InChI is InChI=1S/C22H19N3O3S2/c1-12-9-14(3)15(10-13(12)2)16-11-29-22(23-16)25-21(27)18-6-7-19(30-18)24-20(26)17-5-4-8-28-17/h4-11H,1-3H3,(H,24,26)(H,23,25,27). The van der Waals surface area contributed by atoms with Crippen molar-refractivity contribution < 1.29 is 14.0 Å². The fourth-order valence-corrected chi connectivity index (χ4v) is 4.46. The van der Waals surface area contributed by atoms with E-state index in [4.69, 9.17) is 4.42 Å². The average Bonchev–Trinajstić information content (AvgIpc) is 3.46. The third-order valence-corrected chi connectivity index (χ3v) is 6.41. The summed E-state index contributed by atoms with van der Waals surface area (Å²) in [4.78, 5) is 29.7. The summed E-state index contributed by atoms with van der Waals surface area (Å²) >= 11 is 2.57. The van der Waals surface area contributed by atoms with Gasteiger partial charge < -0.3 is 9.73 Å². The van der Waals surface area contributed by atoms with Gasteiger partial charge in [0, 0.05) is 10.9 Å². The Kier molecular flexibility index (Phi) is 5.52. The maximum atomic E-state index is 12.6. The average molecular weight is 438 g/mol. The second-order valence-corrected chi connectivity index (χ2v) is 8.78. The Hall–Kier alpha value is -3.23. The molecule has 2 amide bonds. The molecule has 4 rings (SSSR count). The number of aromatic nitrogens is 1. The van der Waals surface area contributed by atoms with Crippen molar-refractivity contribution in [2.45, 2.75) is 20.8 Å². The van der Waals surface area contributed by atoms with Gasteiger partial charge in [0.2, 0.25) is 0 Å². The van der Waals surface area contributed by atoms with Crippen LogP contribution in [0.25, 0.3) is 11.3 Å². The predicted molar refractivity (Wildman–Crippen MR) is 121 cm³/mol. The van der Waals surface area contributed by atoms with E-state index in [9.17, 15) is 9.59 Å². The van der Waals surface area contributed by atoms with Crippen LogP contribution in [0.2, 0.25) is 0 Å². The summed E-state index contributed by atoms with van der Waals surface area (Å²) in [5.74, 6) is -0.412. The number of thiazole rings is 1. The molecule has 152 valence electrons. The van der Waals surface area contributed by atoms with Gasteiger partial charge in [-0.05, 0) is 67.8 Å². The Morgan fingerprint density at radius 1 is 0.967 bits per heavy atom. The lowest BCUT2D eigenvalue weighted by atomic mass is 9.99. The van der Waals surface area contributed by atoms with E-state index in [1.54, 1.807) is 24.3 Å². The summed E-state index contributed by atoms with van der Waals surface area (Å²) in [7, 11) is 0. The number of nitrogens with one attached hydrogen (secondary N) is 2. The van der Waals surface area contributed by atoms with Crippen LogP contribution in [0.4, 0.5) is 10.1 Å². The molecule has 0 aliphatic heterocycles. The number of carbonyl (C=O) groups excluding carboxylic acids is 2. The van der Waals surface area contributed by atoms with Gasteiger partial charge in [0.05, 0.1) is 21.8 Å². The van der Waals surface area contributed by atoms with Crippen LogP contribution in [0.15, 0.2) is 52.5 Å². The second kappa shape index (κ2) is 8.25. The first-order valence-corrected chi connectivity index (χ1v) is 10.9. The van der Waals surface area contributed by atoms with Crippen molar-refractivity contribution in [2.24, 2.45) is 0 Å². The predicted octanol–water partition coefficient (Wildman–Crippen LogP) is 5.89. The number of hydrogen-bond donors (Lipinski definition) is 2. The minimum atomic E-state index is -0.359. The Labute approximate surface area is 181 Å². The Morgan fingerprint density at radius 2 is 1.77 bits per heavy atom. The van der Waals surface area contributed by atoms with Gasteiger partial charge in [-0.3, -0.25) is 14.9 Å². The van der Waals surface area contributed by atoms with E-state index in [-0.39, 0.29) is 17.6 Å². The topological polar surface area (TPSA) is 84.2 Å². The first-order chi connectivity index (χ1) is 14.4. The summed E-state index contributed by atoms with van der Waals surface area (Å²) in [5, 5.41) is 8.59. The Bertz CT molecular complexity index is 1220. The zero-order valence-corrected chi connectivity index (χ0v) is 18.2. The molecule has 1 aromatic carbocycles. The number of hydrogen-bond acceptors (Lipinski definition) is 6. The van der Waals surface area contributed by atoms with Gasteiger partial charge >= 0.3 is 0 Å². The summed E-state index contributed by atoms with van der Waals surface area (Å²) in [6.45, 7) is 6.22. The van der Waals surface area contributed by atoms with E-state index in [2.05, 4.69) is 48.5 Å². The number of nitrogens with zero attached hydrogens (tertiary/aromatic N) is 1. The van der Waals surface area contributed by atoms with Crippen LogP contribution in [-0.4, -0.2) is 16.8 Å². The first kappa shape index (κ1) is 20.1. The monoisotopic (exact) mass is 437 g/mol. The van der Waals surface area contributed by atoms with Gasteiger partial charge in [-0.1, -0.05) is 6.07 Å². The van der Waals surface area contributed by atoms with Crippen LogP contribution in [0.5, 0.6) is 0 Å². The molecule has 8 heteroatoms. The van der Waals surface area contributed by atoms with E-state index in [1.807, 2.05) is 5.38 Å². The molecule has 0 saturated carbocycles. The molecule has 0 aliphatic carbocycles. The quantitative estimate of drug-likeness (QED) is 0.407. The largest absolute Gasteiger partial charge is 0.459 e. The van der Waals surface area contributed by atoms with Crippen molar-refractivity contribution >= 4 is 44.6 Å². The fraction of sp³-hybridized carbons (Fsp3) is 0.136. The lowest BCUT2D eigenvalue weighted by Gasteiger charge is -2.07. The first-order valence-electron chi connectivity index (χ1n) is 9.20. The van der Waals surface area contributed by atoms with E-state index >= 15 is 0 Å². The molecule has 0 aliphatic rings. The number of thiophene rings is 1. The summed E-state index contributed by atoms with van der Waals surface area (Å²) < 4.78 is 5.07. The van der Waals surface area contributed by atoms with Gasteiger partial charge in [0.15, 0.2) is 10.9 Å². The molecule has 0 radical (unpaired) electrons. The SMILES string of the molecule is Cc1cc(C)c(-c2csc(NC(=O)c3ccc(NC(=O)c4ccco4)s3)n2)cc1C. The van der Waals surface area contributed by atoms with Gasteiger partial charge in [-0.2, -0.15) is 0 Å². The molecule has 0 fully saturated rings. The summed E-state index contributed by atoms with van der Waals surface area (Å²) in [6.07, 6.45) is 1.43. The molecule has 4 aromatic rings. The Morgan fingerprint density at radius 3 is 2.53 bits per heavy atom. The number of carbonyl (C=O) groups is 2. The number of benzene rings is 1. The van der Waals surface area contributed by atoms with Crippen molar-refractivity contribution in [3.8, 4) is 11.3 Å². The number of furan rings is 1. The number of amides is 2. The molecule has 30 heavy (non-hydrogen) atoms. The molecule has 0 atom stereocenters. The van der Waals surface area contributed by atoms with Crippen LogP contribution in [0, 0.1) is 20.8 Å². The maximum absolute atomic E-state index is 12.6. The molecular weight excluding hydrogens is 418 g/mol. The minimum absolute atomic E-state index is 0.214. The van der Waals surface area contributed by atoms with E-state index in [0.717, 1.165) is 16.8 Å². The molecule has 2 N–H and O–H groups in total. The third kappa shape index (κ3) is 4.19. The number of rotatable bonds is 5. The molecule has 3 heterocycles. The lowest BCUT2D eigenvalue weighted by molar-refractivity contribution is 0.0995. The molecular formula is C22H19N3O3S2. The number of aryl methyl sites for hydroxylation is 3. The van der Waals surface area contributed by atoms with Crippen molar-refractivity contribution in [3.05, 3.63) is 75.4 Å². The van der Waals surface area contributed by atoms with Crippen molar-refractivity contribution in [1.29, 1.82) is 0 Å². The molecule has 0 bridgehead atoms. The molecule has 0 spiro atoms. The van der Waals surface area contributed by atoms with Crippen molar-refractivity contribution in [3.63, 3.8) is 0 Å². The highest BCUT2D eigenvalue weighted by atomic mass is 32.1. The molecule has 0 saturated heterocycles. The van der Waals surface area contributed by atoms with Crippen LogP contribution in [0.1, 0.15) is 36.9 Å². The van der Waals surface area contributed by atoms with Crippen LogP contribution < -0.4 is 10.6 Å². The summed E-state index contributed by atoms with van der Waals surface area (Å²) in [5.41, 5.74) is 5.50. The highest BCUT2D eigenvalue weighted by Crippen LogP contribution is 2.30. The molecule has 3 aromatic heterocycles. The summed E-state index contributed by atoms with van der Waals surface area (Å²) in [6, 6.07) is 10.8. The molecule has 0 unspecified atom stereocenters. The van der Waals surface area contributed by atoms with Gasteiger partial charge in [-0.25, -0.2) is 4.98 Å². The smallest absolute Gasteiger partial charge is 0.291 e. The fourth-order valence-electron chi connectivity index (χ4n) is 2.96. The van der Waals surface area contributed by atoms with E-state index in [1.165, 1.54) is 40.1 Å². The minimum Gasteiger partial charge on any atom is -0.459 e. The highest BCUT2D eigenvalue weighted by Gasteiger charge is 2.15. The van der Waals surface area contributed by atoms with E-state index in [0.29, 0.717) is 15.0 Å². The number of anilines is 2. The second-order valence-electron chi connectivity index (χ2n) is 6.84. The van der Waals surface area contributed by atoms with Gasteiger partial charge in [0.1, 0.15) is 0 Å². The van der Waals surface area contributed by atoms with Crippen molar-refractivity contribution in [2.75, 3.05) is 10.6 Å². The zero-order chi connectivity index (χ0) is 21.3. The van der Waals surface area contributed by atoms with Crippen LogP contribution >= 0.6 is 22.7 Å². The van der Waals surface area contributed by atoms with Crippen LogP contribution in [0.3, 0.4) is 0 Å². The lowest BCUT2D eigenvalue weighted by Crippen LogP contribution is -2.10. The van der Waals surface area contributed by atoms with Crippen molar-refractivity contribution in [1.82, 2.24) is 4.98 Å². The Balaban J connectivity index is 1.45. The maximum Gasteiger partial charge on any atom is 0.291 e. The van der Waals surface area contributed by atoms with Gasteiger partial charge in [-0.15, -0.1) is 22.7 Å². The normalized spacial score (nSPS) is 10.8. The molecule has 6 nitrogen and oxygen atoms in total. The van der Waals surface area contributed by atoms with Gasteiger partial charge in [0.25, 0.3) is 11.8 Å². The zero-order valence-electron chi connectivity index (χ0n) is 16.6. The van der Waals surface area contributed by atoms with E-state index < -0.39 is 0 Å². The highest BCUT2D eigenvalue weighted by molar-refractivity contribution is 7.18. The third-order valence-electron chi connectivity index (χ3n) is 4.65.